The number of rotatable bonds is 3. The molecule has 1 aromatic heterocycles. The second-order valence-electron chi connectivity index (χ2n) is 4.09. The summed E-state index contributed by atoms with van der Waals surface area (Å²) >= 11 is 4.89. The van der Waals surface area contributed by atoms with Crippen LogP contribution < -0.4 is 10.4 Å². The van der Waals surface area contributed by atoms with Gasteiger partial charge in [0.25, 0.3) is 0 Å². The van der Waals surface area contributed by atoms with Crippen LogP contribution in [0.2, 0.25) is 0 Å². The maximum Gasteiger partial charge on any atom is 0.328 e. The molecule has 9 heteroatoms. The maximum atomic E-state index is 11.8. The molecule has 1 fully saturated rings. The smallest absolute Gasteiger partial charge is 0.328 e. The molecular formula is C10H14N2O6S. The fourth-order valence-corrected chi connectivity index (χ4v) is 2.13. The lowest BCUT2D eigenvalue weighted by Gasteiger charge is -2.17. The van der Waals surface area contributed by atoms with Crippen molar-refractivity contribution in [3.8, 4) is 5.75 Å². The average molecular weight is 290 g/mol. The molecule has 1 aromatic rings. The van der Waals surface area contributed by atoms with Crippen molar-refractivity contribution in [3.05, 3.63) is 21.3 Å². The molecule has 1 aliphatic heterocycles. The van der Waals surface area contributed by atoms with Gasteiger partial charge in [0.2, 0.25) is 0 Å². The van der Waals surface area contributed by atoms with Gasteiger partial charge in [0.15, 0.2) is 16.6 Å². The maximum absolute atomic E-state index is 11.8. The molecule has 0 spiro atoms. The Balaban J connectivity index is 2.43. The van der Waals surface area contributed by atoms with Crippen LogP contribution in [0.25, 0.3) is 0 Å². The van der Waals surface area contributed by atoms with E-state index in [1.54, 1.807) is 0 Å². The number of nitrogens with zero attached hydrogens (tertiary/aromatic N) is 1. The SMILES string of the molecule is COc1cn([C@@H]2O[C@H](CO)C(O)[C@@H]2O)c(=O)[nH]c1=S. The van der Waals surface area contributed by atoms with Crippen molar-refractivity contribution in [3.63, 3.8) is 0 Å². The molecule has 2 rings (SSSR count). The topological polar surface area (TPSA) is 117 Å². The molecule has 2 heterocycles. The number of ether oxygens (including phenoxy) is 2. The summed E-state index contributed by atoms with van der Waals surface area (Å²) in [5.74, 6) is 0.229. The monoisotopic (exact) mass is 290 g/mol. The lowest BCUT2D eigenvalue weighted by Crippen LogP contribution is -2.36. The van der Waals surface area contributed by atoms with E-state index in [-0.39, 0.29) is 10.4 Å². The van der Waals surface area contributed by atoms with Gasteiger partial charge in [-0.2, -0.15) is 0 Å². The number of methoxy groups -OCH3 is 1. The molecule has 0 amide bonds. The first-order valence-electron chi connectivity index (χ1n) is 5.51. The molecule has 0 aliphatic carbocycles. The Kier molecular flexibility index (Phi) is 4.02. The zero-order valence-corrected chi connectivity index (χ0v) is 10.8. The summed E-state index contributed by atoms with van der Waals surface area (Å²) in [5.41, 5.74) is -0.611. The Hall–Kier alpha value is -1.26. The van der Waals surface area contributed by atoms with Crippen LogP contribution in [0.1, 0.15) is 6.23 Å². The van der Waals surface area contributed by atoms with Gasteiger partial charge in [-0.1, -0.05) is 12.2 Å². The molecule has 4 atom stereocenters. The minimum absolute atomic E-state index is 0.121. The predicted octanol–water partition coefficient (Wildman–Crippen LogP) is -1.47. The number of nitrogens with one attached hydrogen (secondary N) is 1. The van der Waals surface area contributed by atoms with E-state index in [2.05, 4.69) is 4.98 Å². The van der Waals surface area contributed by atoms with Crippen LogP contribution in [0, 0.1) is 4.64 Å². The predicted molar refractivity (Wildman–Crippen MR) is 65.4 cm³/mol. The lowest BCUT2D eigenvalue weighted by atomic mass is 10.1. The lowest BCUT2D eigenvalue weighted by molar-refractivity contribution is -0.0552. The van der Waals surface area contributed by atoms with E-state index >= 15 is 0 Å². The first kappa shape index (κ1) is 14.2. The Morgan fingerprint density at radius 2 is 2.21 bits per heavy atom. The van der Waals surface area contributed by atoms with Gasteiger partial charge < -0.3 is 24.8 Å². The Labute approximate surface area is 112 Å². The van der Waals surface area contributed by atoms with Gasteiger partial charge in [-0.05, 0) is 0 Å². The molecule has 1 aliphatic rings. The molecular weight excluding hydrogens is 276 g/mol. The number of H-pyrrole nitrogens is 1. The fourth-order valence-electron chi connectivity index (χ4n) is 1.91. The van der Waals surface area contributed by atoms with Crippen LogP contribution in [0.15, 0.2) is 11.0 Å². The van der Waals surface area contributed by atoms with Crippen LogP contribution in [0.3, 0.4) is 0 Å². The van der Waals surface area contributed by atoms with Crippen molar-refractivity contribution in [2.45, 2.75) is 24.5 Å². The van der Waals surface area contributed by atoms with Crippen molar-refractivity contribution in [1.82, 2.24) is 9.55 Å². The molecule has 1 saturated heterocycles. The summed E-state index contributed by atoms with van der Waals surface area (Å²) in [6, 6.07) is 0. The van der Waals surface area contributed by atoms with Crippen LogP contribution in [0.5, 0.6) is 5.75 Å². The Bertz CT molecular complexity index is 570. The van der Waals surface area contributed by atoms with Crippen molar-refractivity contribution in [2.24, 2.45) is 0 Å². The summed E-state index contributed by atoms with van der Waals surface area (Å²) in [6.07, 6.45) is -3.43. The highest BCUT2D eigenvalue weighted by Crippen LogP contribution is 2.28. The number of aliphatic hydroxyl groups is 3. The van der Waals surface area contributed by atoms with E-state index < -0.39 is 36.8 Å². The summed E-state index contributed by atoms with van der Waals surface area (Å²) in [7, 11) is 1.38. The van der Waals surface area contributed by atoms with Crippen LogP contribution in [-0.4, -0.2) is 56.9 Å². The molecule has 4 N–H and O–H groups in total. The highest BCUT2D eigenvalue weighted by Gasteiger charge is 2.43. The van der Waals surface area contributed by atoms with Gasteiger partial charge in [0.05, 0.1) is 19.9 Å². The minimum atomic E-state index is -1.34. The number of aromatic amines is 1. The third kappa shape index (κ3) is 2.42. The van der Waals surface area contributed by atoms with E-state index in [1.165, 1.54) is 13.3 Å². The minimum Gasteiger partial charge on any atom is -0.492 e. The van der Waals surface area contributed by atoms with Gasteiger partial charge in [-0.3, -0.25) is 9.55 Å². The standard InChI is InChI=1S/C10H14N2O6S/c1-17-4-2-12(10(16)11-8(4)19)9-7(15)6(14)5(3-13)18-9/h2,5-7,9,13-15H,3H2,1H3,(H,11,16,19)/t5-,6?,7+,9-/m1/s1. The Morgan fingerprint density at radius 3 is 2.74 bits per heavy atom. The van der Waals surface area contributed by atoms with Crippen LogP contribution in [-0.2, 0) is 4.74 Å². The molecule has 106 valence electrons. The second-order valence-corrected chi connectivity index (χ2v) is 4.50. The zero-order valence-electron chi connectivity index (χ0n) is 10.0. The third-order valence-electron chi connectivity index (χ3n) is 2.95. The third-order valence-corrected chi connectivity index (χ3v) is 3.25. The highest BCUT2D eigenvalue weighted by molar-refractivity contribution is 7.71. The first-order valence-corrected chi connectivity index (χ1v) is 5.92. The fraction of sp³-hybridized carbons (Fsp3) is 0.600. The van der Waals surface area contributed by atoms with Gasteiger partial charge >= 0.3 is 5.69 Å². The first-order chi connectivity index (χ1) is 8.99. The number of hydrogen-bond acceptors (Lipinski definition) is 7. The van der Waals surface area contributed by atoms with Crippen molar-refractivity contribution in [1.29, 1.82) is 0 Å². The number of aromatic nitrogens is 2. The van der Waals surface area contributed by atoms with Crippen LogP contribution >= 0.6 is 12.2 Å². The summed E-state index contributed by atoms with van der Waals surface area (Å²) in [6.45, 7) is -0.469. The summed E-state index contributed by atoms with van der Waals surface area (Å²) in [4.78, 5) is 14.2. The van der Waals surface area contributed by atoms with Gasteiger partial charge in [-0.25, -0.2) is 4.79 Å². The zero-order chi connectivity index (χ0) is 14.2. The molecule has 0 radical (unpaired) electrons. The molecule has 0 saturated carbocycles. The summed E-state index contributed by atoms with van der Waals surface area (Å²) in [5, 5.41) is 28.5. The van der Waals surface area contributed by atoms with E-state index in [0.29, 0.717) is 0 Å². The average Bonchev–Trinajstić information content (AvgIpc) is 2.67. The van der Waals surface area contributed by atoms with Gasteiger partial charge in [-0.15, -0.1) is 0 Å². The molecule has 8 nitrogen and oxygen atoms in total. The quantitative estimate of drug-likeness (QED) is 0.502. The van der Waals surface area contributed by atoms with Gasteiger partial charge in [0.1, 0.15) is 18.3 Å². The van der Waals surface area contributed by atoms with Crippen molar-refractivity contribution in [2.75, 3.05) is 13.7 Å². The van der Waals surface area contributed by atoms with Crippen molar-refractivity contribution < 1.29 is 24.8 Å². The number of hydrogen-bond donors (Lipinski definition) is 4. The normalized spacial score (nSPS) is 30.5. The van der Waals surface area contributed by atoms with E-state index in [1.807, 2.05) is 0 Å². The Morgan fingerprint density at radius 1 is 1.53 bits per heavy atom. The molecule has 19 heavy (non-hydrogen) atoms. The highest BCUT2D eigenvalue weighted by atomic mass is 32.1. The van der Waals surface area contributed by atoms with Gasteiger partial charge in [0, 0.05) is 0 Å². The van der Waals surface area contributed by atoms with E-state index in [0.717, 1.165) is 4.57 Å². The summed E-state index contributed by atoms with van der Waals surface area (Å²) < 4.78 is 11.4. The molecule has 1 unspecified atom stereocenters. The largest absolute Gasteiger partial charge is 0.492 e. The molecule has 0 aromatic carbocycles. The molecule has 0 bridgehead atoms. The van der Waals surface area contributed by atoms with E-state index in [9.17, 15) is 15.0 Å². The number of aliphatic hydroxyl groups excluding tert-OH is 3. The van der Waals surface area contributed by atoms with E-state index in [4.69, 9.17) is 26.8 Å². The van der Waals surface area contributed by atoms with Crippen molar-refractivity contribution >= 4 is 12.2 Å². The second kappa shape index (κ2) is 5.39. The van der Waals surface area contributed by atoms with Crippen LogP contribution in [0.4, 0.5) is 0 Å².